The zero-order chi connectivity index (χ0) is 18.0. The van der Waals surface area contributed by atoms with Crippen molar-refractivity contribution in [2.45, 2.75) is 38.2 Å². The van der Waals surface area contributed by atoms with Gasteiger partial charge in [-0.05, 0) is 32.9 Å². The number of hydrogen-bond donors (Lipinski definition) is 1. The van der Waals surface area contributed by atoms with Crippen molar-refractivity contribution in [2.24, 2.45) is 10.2 Å². The maximum atomic E-state index is 13.0. The second kappa shape index (κ2) is 6.29. The van der Waals surface area contributed by atoms with Crippen molar-refractivity contribution >= 4 is 6.09 Å². The van der Waals surface area contributed by atoms with Gasteiger partial charge in [-0.2, -0.15) is 13.2 Å². The Balaban J connectivity index is 1.85. The Bertz CT molecular complexity index is 633. The zero-order valence-corrected chi connectivity index (χ0v) is 13.5. The highest BCUT2D eigenvalue weighted by Crippen LogP contribution is 2.52. The van der Waals surface area contributed by atoms with Crippen LogP contribution >= 0.6 is 0 Å². The van der Waals surface area contributed by atoms with Gasteiger partial charge >= 0.3 is 17.9 Å². The summed E-state index contributed by atoms with van der Waals surface area (Å²) in [6, 6.07) is 5.48. The summed E-state index contributed by atoms with van der Waals surface area (Å²) in [6.45, 7) is 5.44. The third-order valence-corrected chi connectivity index (χ3v) is 2.97. The molecule has 6 nitrogen and oxygen atoms in total. The van der Waals surface area contributed by atoms with Crippen molar-refractivity contribution < 1.29 is 27.4 Å². The standard InChI is InChI=1S/C15H18F3N3O3/c1-13(2,3)24-12(22)19-7-8-23-11-6-4-5-10(9-11)14(20-21-14)15(16,17)18/h4-6,9H,7-8H2,1-3H3,(H,19,22). The molecule has 1 N–H and O–H groups in total. The van der Waals surface area contributed by atoms with Crippen LogP contribution in [0.3, 0.4) is 0 Å². The van der Waals surface area contributed by atoms with E-state index in [-0.39, 0.29) is 24.5 Å². The molecular weight excluding hydrogens is 327 g/mol. The van der Waals surface area contributed by atoms with Gasteiger partial charge in [0.05, 0.1) is 6.54 Å². The predicted octanol–water partition coefficient (Wildman–Crippen LogP) is 3.77. The van der Waals surface area contributed by atoms with Gasteiger partial charge in [0.2, 0.25) is 0 Å². The average molecular weight is 345 g/mol. The van der Waals surface area contributed by atoms with Crippen molar-refractivity contribution in [3.63, 3.8) is 0 Å². The minimum absolute atomic E-state index is 0.0794. The first-order valence-electron chi connectivity index (χ1n) is 7.24. The fourth-order valence-corrected chi connectivity index (χ4v) is 1.88. The maximum Gasteiger partial charge on any atom is 0.442 e. The summed E-state index contributed by atoms with van der Waals surface area (Å²) in [4.78, 5) is 11.4. The van der Waals surface area contributed by atoms with Crippen LogP contribution in [0.1, 0.15) is 26.3 Å². The second-order valence-corrected chi connectivity index (χ2v) is 6.17. The smallest absolute Gasteiger partial charge is 0.442 e. The van der Waals surface area contributed by atoms with E-state index in [1.54, 1.807) is 20.8 Å². The predicted molar refractivity (Wildman–Crippen MR) is 78.8 cm³/mol. The summed E-state index contributed by atoms with van der Waals surface area (Å²) < 4.78 is 49.2. The van der Waals surface area contributed by atoms with Crippen LogP contribution in [-0.2, 0) is 10.4 Å². The lowest BCUT2D eigenvalue weighted by Gasteiger charge is -2.19. The van der Waals surface area contributed by atoms with Crippen LogP contribution in [0, 0.1) is 0 Å². The summed E-state index contributed by atoms with van der Waals surface area (Å²) in [5.74, 6) is 0.236. The Morgan fingerprint density at radius 2 is 1.92 bits per heavy atom. The first kappa shape index (κ1) is 18.0. The van der Waals surface area contributed by atoms with E-state index < -0.39 is 23.5 Å². The number of carbonyl (C=O) groups is 1. The molecule has 0 saturated carbocycles. The lowest BCUT2D eigenvalue weighted by atomic mass is 10.0. The minimum atomic E-state index is -4.58. The molecule has 0 radical (unpaired) electrons. The van der Waals surface area contributed by atoms with Gasteiger partial charge in [0.15, 0.2) is 0 Å². The molecule has 1 aromatic carbocycles. The Morgan fingerprint density at radius 3 is 2.46 bits per heavy atom. The first-order valence-corrected chi connectivity index (χ1v) is 7.24. The number of carbonyl (C=O) groups excluding carboxylic acids is 1. The van der Waals surface area contributed by atoms with Crippen LogP contribution in [0.5, 0.6) is 5.75 Å². The van der Waals surface area contributed by atoms with E-state index in [9.17, 15) is 18.0 Å². The average Bonchev–Trinajstić information content (AvgIpc) is 3.23. The summed E-state index contributed by atoms with van der Waals surface area (Å²) >= 11 is 0. The molecule has 2 rings (SSSR count). The maximum absolute atomic E-state index is 13.0. The number of nitrogens with one attached hydrogen (secondary N) is 1. The van der Waals surface area contributed by atoms with Gasteiger partial charge in [-0.3, -0.25) is 0 Å². The molecule has 0 saturated heterocycles. The van der Waals surface area contributed by atoms with Crippen molar-refractivity contribution in [3.05, 3.63) is 29.8 Å². The second-order valence-electron chi connectivity index (χ2n) is 6.17. The molecule has 1 heterocycles. The molecule has 132 valence electrons. The molecule has 24 heavy (non-hydrogen) atoms. The van der Waals surface area contributed by atoms with Crippen LogP contribution in [-0.4, -0.2) is 31.0 Å². The van der Waals surface area contributed by atoms with E-state index in [4.69, 9.17) is 9.47 Å². The Morgan fingerprint density at radius 1 is 1.25 bits per heavy atom. The highest BCUT2D eigenvalue weighted by molar-refractivity contribution is 5.67. The Hall–Kier alpha value is -2.32. The molecule has 0 fully saturated rings. The summed E-state index contributed by atoms with van der Waals surface area (Å²) in [6.07, 6.45) is -5.17. The first-order chi connectivity index (χ1) is 11.0. The van der Waals surface area contributed by atoms with Crippen molar-refractivity contribution in [1.29, 1.82) is 0 Å². The van der Waals surface area contributed by atoms with Crippen molar-refractivity contribution in [2.75, 3.05) is 13.2 Å². The van der Waals surface area contributed by atoms with Crippen LogP contribution in [0.15, 0.2) is 34.5 Å². The molecule has 0 aliphatic carbocycles. The molecule has 1 amide bonds. The van der Waals surface area contributed by atoms with E-state index in [0.29, 0.717) is 0 Å². The van der Waals surface area contributed by atoms with Crippen LogP contribution in [0.4, 0.5) is 18.0 Å². The number of rotatable bonds is 5. The fraction of sp³-hybridized carbons (Fsp3) is 0.533. The molecule has 0 spiro atoms. The van der Waals surface area contributed by atoms with E-state index in [0.717, 1.165) is 0 Å². The van der Waals surface area contributed by atoms with Gasteiger partial charge in [0, 0.05) is 5.56 Å². The third-order valence-electron chi connectivity index (χ3n) is 2.97. The zero-order valence-electron chi connectivity index (χ0n) is 13.5. The normalized spacial score (nSPS) is 15.8. The van der Waals surface area contributed by atoms with Crippen LogP contribution in [0.25, 0.3) is 0 Å². The number of benzene rings is 1. The van der Waals surface area contributed by atoms with Crippen molar-refractivity contribution in [1.82, 2.24) is 5.32 Å². The Kier molecular flexibility index (Phi) is 4.73. The van der Waals surface area contributed by atoms with Gasteiger partial charge in [-0.1, -0.05) is 12.1 Å². The number of halogens is 3. The molecule has 9 heteroatoms. The number of ether oxygens (including phenoxy) is 2. The molecule has 1 aliphatic rings. The largest absolute Gasteiger partial charge is 0.492 e. The number of amides is 1. The van der Waals surface area contributed by atoms with Gasteiger partial charge in [0.25, 0.3) is 0 Å². The highest BCUT2D eigenvalue weighted by Gasteiger charge is 2.65. The quantitative estimate of drug-likeness (QED) is 0.826. The number of alkyl carbamates (subject to hydrolysis) is 1. The molecule has 1 aliphatic heterocycles. The molecule has 0 bridgehead atoms. The molecule has 0 unspecified atom stereocenters. The number of hydrogen-bond acceptors (Lipinski definition) is 5. The van der Waals surface area contributed by atoms with Gasteiger partial charge in [-0.25, -0.2) is 4.79 Å². The molecule has 0 aromatic heterocycles. The number of alkyl halides is 3. The van der Waals surface area contributed by atoms with E-state index in [2.05, 4.69) is 15.5 Å². The third kappa shape index (κ3) is 4.36. The summed E-state index contributed by atoms with van der Waals surface area (Å²) in [7, 11) is 0. The van der Waals surface area contributed by atoms with Gasteiger partial charge < -0.3 is 14.8 Å². The minimum Gasteiger partial charge on any atom is -0.492 e. The van der Waals surface area contributed by atoms with Crippen molar-refractivity contribution in [3.8, 4) is 5.75 Å². The molecular formula is C15H18F3N3O3. The van der Waals surface area contributed by atoms with Crippen LogP contribution in [0.2, 0.25) is 0 Å². The fourth-order valence-electron chi connectivity index (χ4n) is 1.88. The number of nitrogens with zero attached hydrogens (tertiary/aromatic N) is 2. The van der Waals surface area contributed by atoms with E-state index >= 15 is 0 Å². The summed E-state index contributed by atoms with van der Waals surface area (Å²) in [5.41, 5.74) is -3.18. The SMILES string of the molecule is CC(C)(C)OC(=O)NCCOc1cccc(C2(C(F)(F)F)N=N2)c1. The molecule has 0 atom stereocenters. The van der Waals surface area contributed by atoms with E-state index in [1.165, 1.54) is 24.3 Å². The topological polar surface area (TPSA) is 72.3 Å². The van der Waals surface area contributed by atoms with Gasteiger partial charge in [0.1, 0.15) is 18.0 Å². The Labute approximate surface area is 137 Å². The van der Waals surface area contributed by atoms with Crippen LogP contribution < -0.4 is 10.1 Å². The monoisotopic (exact) mass is 345 g/mol. The highest BCUT2D eigenvalue weighted by atomic mass is 19.4. The van der Waals surface area contributed by atoms with E-state index in [1.807, 2.05) is 0 Å². The lowest BCUT2D eigenvalue weighted by molar-refractivity contribution is -0.166. The lowest BCUT2D eigenvalue weighted by Crippen LogP contribution is -2.34. The summed E-state index contributed by atoms with van der Waals surface area (Å²) in [5, 5.41) is 8.77. The van der Waals surface area contributed by atoms with Gasteiger partial charge in [-0.15, -0.1) is 10.2 Å². The molecule has 1 aromatic rings.